The van der Waals surface area contributed by atoms with Crippen LogP contribution in [0.15, 0.2) is 18.2 Å². The molecule has 0 aliphatic heterocycles. The van der Waals surface area contributed by atoms with E-state index in [1.165, 1.54) is 18.2 Å². The Kier molecular flexibility index (Phi) is 4.69. The zero-order valence-corrected chi connectivity index (χ0v) is 8.78. The maximum Gasteiger partial charge on any atom is 0.272 e. The average Bonchev–Trinajstić information content (AvgIpc) is 2.27. The Morgan fingerprint density at radius 2 is 2.06 bits per heavy atom. The van der Waals surface area contributed by atoms with Crippen molar-refractivity contribution in [1.29, 1.82) is 0 Å². The zero-order chi connectivity index (χ0) is 12.0. The van der Waals surface area contributed by atoms with Crippen molar-refractivity contribution in [3.8, 4) is 11.5 Å². The van der Waals surface area contributed by atoms with Crippen molar-refractivity contribution in [3.05, 3.63) is 23.8 Å². The van der Waals surface area contributed by atoms with E-state index in [9.17, 15) is 13.6 Å². The Morgan fingerprint density at radius 3 is 2.62 bits per heavy atom. The smallest absolute Gasteiger partial charge is 0.272 e. The van der Waals surface area contributed by atoms with Crippen LogP contribution in [-0.2, 0) is 0 Å². The fourth-order valence-corrected chi connectivity index (χ4v) is 1.14. The molecule has 16 heavy (non-hydrogen) atoms. The highest BCUT2D eigenvalue weighted by molar-refractivity contribution is 5.76. The van der Waals surface area contributed by atoms with E-state index < -0.39 is 13.0 Å². The minimum absolute atomic E-state index is 0.216. The van der Waals surface area contributed by atoms with E-state index in [0.29, 0.717) is 24.2 Å². The molecule has 5 heteroatoms. The maximum atomic E-state index is 12.0. The summed E-state index contributed by atoms with van der Waals surface area (Å²) in [5, 5.41) is 0. The molecule has 0 spiro atoms. The highest BCUT2D eigenvalue weighted by Crippen LogP contribution is 2.28. The monoisotopic (exact) mass is 230 g/mol. The van der Waals surface area contributed by atoms with Crippen LogP contribution in [0.25, 0.3) is 0 Å². The molecule has 88 valence electrons. The molecular weight excluding hydrogens is 218 g/mol. The van der Waals surface area contributed by atoms with Gasteiger partial charge < -0.3 is 9.47 Å². The van der Waals surface area contributed by atoms with Gasteiger partial charge in [0.1, 0.15) is 12.9 Å². The number of carbonyl (C=O) groups excluding carboxylic acids is 1. The number of alkyl halides is 2. The van der Waals surface area contributed by atoms with Crippen molar-refractivity contribution < 1.29 is 23.0 Å². The van der Waals surface area contributed by atoms with Gasteiger partial charge in [0.05, 0.1) is 6.61 Å². The molecule has 0 atom stereocenters. The van der Waals surface area contributed by atoms with Crippen LogP contribution < -0.4 is 9.47 Å². The van der Waals surface area contributed by atoms with Crippen molar-refractivity contribution >= 4 is 6.29 Å². The number of hydrogen-bond donors (Lipinski definition) is 0. The normalized spacial score (nSPS) is 10.2. The van der Waals surface area contributed by atoms with Crippen molar-refractivity contribution in [2.45, 2.75) is 13.3 Å². The number of rotatable bonds is 6. The lowest BCUT2D eigenvalue weighted by atomic mass is 10.2. The summed E-state index contributed by atoms with van der Waals surface area (Å²) in [6, 6.07) is 4.38. The first-order valence-electron chi connectivity index (χ1n) is 4.80. The van der Waals surface area contributed by atoms with E-state index in [4.69, 9.17) is 9.47 Å². The molecule has 0 aliphatic carbocycles. The third-order valence-corrected chi connectivity index (χ3v) is 1.77. The second kappa shape index (κ2) is 6.05. The fraction of sp³-hybridized carbons (Fsp3) is 0.364. The molecule has 0 N–H and O–H groups in total. The second-order valence-corrected chi connectivity index (χ2v) is 2.96. The summed E-state index contributed by atoms with van der Waals surface area (Å²) in [6.07, 6.45) is -1.89. The molecule has 1 rings (SSSR count). The Morgan fingerprint density at radius 1 is 1.31 bits per heavy atom. The molecule has 0 unspecified atom stereocenters. The first kappa shape index (κ1) is 12.4. The summed E-state index contributed by atoms with van der Waals surface area (Å²) in [6.45, 7) is 1.43. The largest absolute Gasteiger partial charge is 0.490 e. The molecule has 1 aromatic rings. The maximum absolute atomic E-state index is 12.0. The van der Waals surface area contributed by atoms with E-state index in [0.717, 1.165) is 0 Å². The van der Waals surface area contributed by atoms with Crippen molar-refractivity contribution in [3.63, 3.8) is 0 Å². The Labute approximate surface area is 92.0 Å². The van der Waals surface area contributed by atoms with E-state index >= 15 is 0 Å². The van der Waals surface area contributed by atoms with Gasteiger partial charge in [0, 0.05) is 5.56 Å². The van der Waals surface area contributed by atoms with Crippen LogP contribution >= 0.6 is 0 Å². The first-order valence-corrected chi connectivity index (χ1v) is 4.80. The lowest BCUT2D eigenvalue weighted by Gasteiger charge is -2.11. The molecule has 3 nitrogen and oxygen atoms in total. The van der Waals surface area contributed by atoms with Gasteiger partial charge in [0.15, 0.2) is 11.5 Å². The minimum atomic E-state index is -2.54. The Balaban J connectivity index is 2.84. The highest BCUT2D eigenvalue weighted by atomic mass is 19.3. The van der Waals surface area contributed by atoms with Crippen LogP contribution in [0.5, 0.6) is 11.5 Å². The predicted octanol–water partition coefficient (Wildman–Crippen LogP) is 2.54. The number of carbonyl (C=O) groups is 1. The minimum Gasteiger partial charge on any atom is -0.490 e. The quantitative estimate of drug-likeness (QED) is 0.704. The van der Waals surface area contributed by atoms with Crippen molar-refractivity contribution in [2.24, 2.45) is 0 Å². The number of ether oxygens (including phenoxy) is 2. The molecule has 0 radical (unpaired) electrons. The molecule has 0 heterocycles. The number of hydrogen-bond acceptors (Lipinski definition) is 3. The molecular formula is C11H12F2O3. The van der Waals surface area contributed by atoms with Crippen LogP contribution in [0.1, 0.15) is 17.3 Å². The molecule has 0 saturated carbocycles. The summed E-state index contributed by atoms with van der Waals surface area (Å²) in [7, 11) is 0. The van der Waals surface area contributed by atoms with E-state index in [-0.39, 0.29) is 5.75 Å². The SMILES string of the molecule is CCOc1cc(C=O)ccc1OCC(F)F. The Hall–Kier alpha value is -1.65. The molecule has 0 saturated heterocycles. The summed E-state index contributed by atoms with van der Waals surface area (Å²) in [4.78, 5) is 10.5. The van der Waals surface area contributed by atoms with Crippen LogP contribution in [0.2, 0.25) is 0 Å². The molecule has 0 aromatic heterocycles. The summed E-state index contributed by atoms with van der Waals surface area (Å²) < 4.78 is 34.0. The van der Waals surface area contributed by atoms with Crippen molar-refractivity contribution in [2.75, 3.05) is 13.2 Å². The van der Waals surface area contributed by atoms with Gasteiger partial charge in [-0.25, -0.2) is 8.78 Å². The van der Waals surface area contributed by atoms with Crippen LogP contribution in [0, 0.1) is 0 Å². The van der Waals surface area contributed by atoms with Gasteiger partial charge in [-0.3, -0.25) is 4.79 Å². The van der Waals surface area contributed by atoms with Gasteiger partial charge in [-0.1, -0.05) is 0 Å². The number of aldehydes is 1. The van der Waals surface area contributed by atoms with Crippen molar-refractivity contribution in [1.82, 2.24) is 0 Å². The molecule has 0 amide bonds. The molecule has 1 aromatic carbocycles. The third kappa shape index (κ3) is 3.49. The standard InChI is InChI=1S/C11H12F2O3/c1-2-15-10-5-8(6-14)3-4-9(10)16-7-11(12)13/h3-6,11H,2,7H2,1H3. The summed E-state index contributed by atoms with van der Waals surface area (Å²) >= 11 is 0. The van der Waals surface area contributed by atoms with Gasteiger partial charge in [-0.15, -0.1) is 0 Å². The lowest BCUT2D eigenvalue weighted by Crippen LogP contribution is -2.08. The van der Waals surface area contributed by atoms with E-state index in [1.54, 1.807) is 6.92 Å². The highest BCUT2D eigenvalue weighted by Gasteiger charge is 2.09. The van der Waals surface area contributed by atoms with Gasteiger partial charge in [-0.05, 0) is 25.1 Å². The Bertz CT molecular complexity index is 353. The van der Waals surface area contributed by atoms with Gasteiger partial charge in [0.25, 0.3) is 6.43 Å². The van der Waals surface area contributed by atoms with Gasteiger partial charge >= 0.3 is 0 Å². The second-order valence-electron chi connectivity index (χ2n) is 2.96. The predicted molar refractivity (Wildman–Crippen MR) is 54.5 cm³/mol. The number of benzene rings is 1. The topological polar surface area (TPSA) is 35.5 Å². The molecule has 0 bridgehead atoms. The van der Waals surface area contributed by atoms with Gasteiger partial charge in [-0.2, -0.15) is 0 Å². The van der Waals surface area contributed by atoms with Crippen LogP contribution in [0.3, 0.4) is 0 Å². The zero-order valence-electron chi connectivity index (χ0n) is 8.78. The lowest BCUT2D eigenvalue weighted by molar-refractivity contribution is 0.0800. The average molecular weight is 230 g/mol. The summed E-state index contributed by atoms with van der Waals surface area (Å²) in [5.74, 6) is 0.514. The molecule has 0 fully saturated rings. The van der Waals surface area contributed by atoms with E-state index in [1.807, 2.05) is 0 Å². The summed E-state index contributed by atoms with van der Waals surface area (Å²) in [5.41, 5.74) is 0.410. The van der Waals surface area contributed by atoms with Crippen LogP contribution in [0.4, 0.5) is 8.78 Å². The third-order valence-electron chi connectivity index (χ3n) is 1.77. The fourth-order valence-electron chi connectivity index (χ4n) is 1.14. The number of halogens is 2. The van der Waals surface area contributed by atoms with Crippen LogP contribution in [-0.4, -0.2) is 25.9 Å². The first-order chi connectivity index (χ1) is 7.67. The van der Waals surface area contributed by atoms with E-state index in [2.05, 4.69) is 0 Å². The van der Waals surface area contributed by atoms with Gasteiger partial charge in [0.2, 0.25) is 0 Å². The molecule has 0 aliphatic rings.